The number of anilines is 1. The highest BCUT2D eigenvalue weighted by molar-refractivity contribution is 5.96. The van der Waals surface area contributed by atoms with Gasteiger partial charge in [0.25, 0.3) is 0 Å². The van der Waals surface area contributed by atoms with E-state index in [4.69, 9.17) is 5.73 Å². The lowest BCUT2D eigenvalue weighted by Gasteiger charge is -2.26. The molecule has 0 aliphatic carbocycles. The van der Waals surface area contributed by atoms with Crippen molar-refractivity contribution in [3.63, 3.8) is 0 Å². The van der Waals surface area contributed by atoms with Crippen LogP contribution in [0, 0.1) is 0 Å². The number of imidazole rings is 1. The SMILES string of the molecule is CN1C(=O)CCc2cc(-c3cn(CCN)cn3)ccc21. The summed E-state index contributed by atoms with van der Waals surface area (Å²) in [5, 5.41) is 0. The van der Waals surface area contributed by atoms with Gasteiger partial charge in [-0.15, -0.1) is 0 Å². The molecule has 0 bridgehead atoms. The molecule has 2 N–H and O–H groups in total. The highest BCUT2D eigenvalue weighted by atomic mass is 16.2. The molecule has 1 aliphatic rings. The number of aromatic nitrogens is 2. The van der Waals surface area contributed by atoms with Crippen LogP contribution < -0.4 is 10.6 Å². The van der Waals surface area contributed by atoms with Crippen molar-refractivity contribution in [2.45, 2.75) is 19.4 Å². The lowest BCUT2D eigenvalue weighted by Crippen LogP contribution is -2.30. The molecule has 1 aliphatic heterocycles. The van der Waals surface area contributed by atoms with Gasteiger partial charge in [-0.3, -0.25) is 4.79 Å². The first-order valence-electron chi connectivity index (χ1n) is 6.81. The van der Waals surface area contributed by atoms with Crippen LogP contribution in [0.15, 0.2) is 30.7 Å². The number of carbonyl (C=O) groups excluding carboxylic acids is 1. The minimum absolute atomic E-state index is 0.178. The highest BCUT2D eigenvalue weighted by Crippen LogP contribution is 2.30. The number of hydrogen-bond donors (Lipinski definition) is 1. The van der Waals surface area contributed by atoms with E-state index in [1.807, 2.05) is 29.9 Å². The topological polar surface area (TPSA) is 64.2 Å². The van der Waals surface area contributed by atoms with Crippen LogP contribution >= 0.6 is 0 Å². The third-order valence-corrected chi connectivity index (χ3v) is 3.74. The first-order chi connectivity index (χ1) is 9.69. The summed E-state index contributed by atoms with van der Waals surface area (Å²) in [5.74, 6) is 0.178. The molecule has 1 aromatic carbocycles. The molecule has 0 spiro atoms. The third-order valence-electron chi connectivity index (χ3n) is 3.74. The molecule has 0 fully saturated rings. The number of hydrogen-bond acceptors (Lipinski definition) is 3. The molecule has 0 radical (unpaired) electrons. The Balaban J connectivity index is 1.93. The molecular formula is C15H18N4O. The van der Waals surface area contributed by atoms with E-state index in [-0.39, 0.29) is 5.91 Å². The molecule has 5 heteroatoms. The largest absolute Gasteiger partial charge is 0.336 e. The Labute approximate surface area is 118 Å². The number of nitrogens with two attached hydrogens (primary N) is 1. The van der Waals surface area contributed by atoms with Gasteiger partial charge in [-0.25, -0.2) is 4.98 Å². The van der Waals surface area contributed by atoms with Gasteiger partial charge in [0.1, 0.15) is 0 Å². The fraction of sp³-hybridized carbons (Fsp3) is 0.333. The van der Waals surface area contributed by atoms with Crippen molar-refractivity contribution in [1.82, 2.24) is 9.55 Å². The maximum absolute atomic E-state index is 11.7. The Morgan fingerprint density at radius 2 is 2.20 bits per heavy atom. The molecule has 2 aromatic rings. The Bertz CT molecular complexity index is 647. The predicted molar refractivity (Wildman–Crippen MR) is 78.4 cm³/mol. The van der Waals surface area contributed by atoms with E-state index in [0.717, 1.165) is 29.9 Å². The van der Waals surface area contributed by atoms with E-state index in [2.05, 4.69) is 11.1 Å². The van der Waals surface area contributed by atoms with Crippen molar-refractivity contribution in [3.05, 3.63) is 36.3 Å². The first-order valence-corrected chi connectivity index (χ1v) is 6.81. The second-order valence-corrected chi connectivity index (χ2v) is 5.08. The van der Waals surface area contributed by atoms with Crippen LogP contribution in [-0.4, -0.2) is 29.1 Å². The zero-order chi connectivity index (χ0) is 14.1. The van der Waals surface area contributed by atoms with Gasteiger partial charge >= 0.3 is 0 Å². The highest BCUT2D eigenvalue weighted by Gasteiger charge is 2.21. The van der Waals surface area contributed by atoms with E-state index in [1.165, 1.54) is 5.56 Å². The van der Waals surface area contributed by atoms with Crippen LogP contribution in [0.2, 0.25) is 0 Å². The number of rotatable bonds is 3. The van der Waals surface area contributed by atoms with E-state index in [1.54, 1.807) is 11.2 Å². The standard InChI is InChI=1S/C15H18N4O/c1-18-14-4-2-11(8-12(14)3-5-15(18)20)13-9-19(7-6-16)10-17-13/h2,4,8-10H,3,5-7,16H2,1H3. The Morgan fingerprint density at radius 3 is 3.00 bits per heavy atom. The molecule has 0 saturated heterocycles. The summed E-state index contributed by atoms with van der Waals surface area (Å²) in [7, 11) is 1.83. The number of fused-ring (bicyclic) bond motifs is 1. The molecular weight excluding hydrogens is 252 g/mol. The van der Waals surface area contributed by atoms with Gasteiger partial charge in [-0.2, -0.15) is 0 Å². The van der Waals surface area contributed by atoms with E-state index >= 15 is 0 Å². The summed E-state index contributed by atoms with van der Waals surface area (Å²) in [6.07, 6.45) is 5.19. The zero-order valence-corrected chi connectivity index (χ0v) is 11.5. The monoisotopic (exact) mass is 270 g/mol. The van der Waals surface area contributed by atoms with Gasteiger partial charge in [0, 0.05) is 44.0 Å². The summed E-state index contributed by atoms with van der Waals surface area (Å²) in [4.78, 5) is 17.8. The van der Waals surface area contributed by atoms with Crippen molar-refractivity contribution >= 4 is 11.6 Å². The van der Waals surface area contributed by atoms with Crippen molar-refractivity contribution in [2.24, 2.45) is 5.73 Å². The number of benzene rings is 1. The van der Waals surface area contributed by atoms with Crippen molar-refractivity contribution < 1.29 is 4.79 Å². The summed E-state index contributed by atoms with van der Waals surface area (Å²) < 4.78 is 1.99. The van der Waals surface area contributed by atoms with E-state index in [0.29, 0.717) is 13.0 Å². The Kier molecular flexibility index (Phi) is 3.28. The van der Waals surface area contributed by atoms with Crippen LogP contribution in [0.3, 0.4) is 0 Å². The summed E-state index contributed by atoms with van der Waals surface area (Å²) >= 11 is 0. The molecule has 1 aromatic heterocycles. The minimum atomic E-state index is 0.178. The van der Waals surface area contributed by atoms with Crippen LogP contribution in [0.4, 0.5) is 5.69 Å². The van der Waals surface area contributed by atoms with Gasteiger partial charge in [-0.1, -0.05) is 6.07 Å². The quantitative estimate of drug-likeness (QED) is 0.917. The van der Waals surface area contributed by atoms with Gasteiger partial charge in [0.05, 0.1) is 12.0 Å². The normalized spacial score (nSPS) is 14.5. The maximum atomic E-state index is 11.7. The molecule has 3 rings (SSSR count). The van der Waals surface area contributed by atoms with Crippen LogP contribution in [0.1, 0.15) is 12.0 Å². The predicted octanol–water partition coefficient (Wildman–Crippen LogP) is 1.42. The second kappa shape index (κ2) is 5.09. The average Bonchev–Trinajstić information content (AvgIpc) is 2.92. The van der Waals surface area contributed by atoms with E-state index < -0.39 is 0 Å². The molecule has 20 heavy (non-hydrogen) atoms. The molecule has 0 atom stereocenters. The smallest absolute Gasteiger partial charge is 0.227 e. The zero-order valence-electron chi connectivity index (χ0n) is 11.5. The van der Waals surface area contributed by atoms with Crippen molar-refractivity contribution in [1.29, 1.82) is 0 Å². The Hall–Kier alpha value is -2.14. The maximum Gasteiger partial charge on any atom is 0.227 e. The number of aryl methyl sites for hydroxylation is 1. The summed E-state index contributed by atoms with van der Waals surface area (Å²) in [6.45, 7) is 1.38. The number of amides is 1. The summed E-state index contributed by atoms with van der Waals surface area (Å²) in [5.41, 5.74) is 9.78. The van der Waals surface area contributed by atoms with Crippen molar-refractivity contribution in [2.75, 3.05) is 18.5 Å². The third kappa shape index (κ3) is 2.20. The Morgan fingerprint density at radius 1 is 1.35 bits per heavy atom. The second-order valence-electron chi connectivity index (χ2n) is 5.08. The lowest BCUT2D eigenvalue weighted by atomic mass is 9.98. The molecule has 2 heterocycles. The summed E-state index contributed by atoms with van der Waals surface area (Å²) in [6, 6.07) is 6.15. The molecule has 0 saturated carbocycles. The van der Waals surface area contributed by atoms with Gasteiger partial charge in [-0.05, 0) is 24.1 Å². The molecule has 1 amide bonds. The number of nitrogens with zero attached hydrogens (tertiary/aromatic N) is 3. The number of carbonyl (C=O) groups is 1. The minimum Gasteiger partial charge on any atom is -0.336 e. The van der Waals surface area contributed by atoms with Gasteiger partial charge in [0.2, 0.25) is 5.91 Å². The van der Waals surface area contributed by atoms with Crippen LogP contribution in [0.5, 0.6) is 0 Å². The lowest BCUT2D eigenvalue weighted by molar-refractivity contribution is -0.118. The van der Waals surface area contributed by atoms with Crippen molar-refractivity contribution in [3.8, 4) is 11.3 Å². The fourth-order valence-corrected chi connectivity index (χ4v) is 2.60. The van der Waals surface area contributed by atoms with Crippen LogP contribution in [-0.2, 0) is 17.8 Å². The molecule has 104 valence electrons. The van der Waals surface area contributed by atoms with E-state index in [9.17, 15) is 4.79 Å². The van der Waals surface area contributed by atoms with Gasteiger partial charge < -0.3 is 15.2 Å². The van der Waals surface area contributed by atoms with Gasteiger partial charge in [0.15, 0.2) is 0 Å². The average molecular weight is 270 g/mol. The fourth-order valence-electron chi connectivity index (χ4n) is 2.60. The molecule has 0 unspecified atom stereocenters. The first kappa shape index (κ1) is 12.9. The van der Waals surface area contributed by atoms with Crippen LogP contribution in [0.25, 0.3) is 11.3 Å². The molecule has 5 nitrogen and oxygen atoms in total.